The first-order chi connectivity index (χ1) is 9.30. The van der Waals surface area contributed by atoms with Crippen LogP contribution in [0.3, 0.4) is 0 Å². The molecule has 0 aliphatic carbocycles. The maximum atomic E-state index is 5.24. The van der Waals surface area contributed by atoms with E-state index < -0.39 is 0 Å². The molecule has 0 saturated carbocycles. The second-order valence-corrected chi connectivity index (χ2v) is 4.59. The van der Waals surface area contributed by atoms with Crippen molar-refractivity contribution >= 4 is 29.9 Å². The Hall–Kier alpha value is -0.520. The van der Waals surface area contributed by atoms with Gasteiger partial charge in [-0.1, -0.05) is 12.8 Å². The minimum Gasteiger partial charge on any atom is -0.357 e. The van der Waals surface area contributed by atoms with Crippen molar-refractivity contribution in [2.45, 2.75) is 13.8 Å². The van der Waals surface area contributed by atoms with Crippen LogP contribution in [0.1, 0.15) is 13.8 Å². The lowest BCUT2D eigenvalue weighted by atomic mass is 10.3. The smallest absolute Gasteiger partial charge is 0.192 e. The maximum Gasteiger partial charge on any atom is 0.192 e. The van der Waals surface area contributed by atoms with Gasteiger partial charge >= 0.3 is 0 Å². The summed E-state index contributed by atoms with van der Waals surface area (Å²) in [7, 11) is 0. The van der Waals surface area contributed by atoms with Crippen molar-refractivity contribution in [3.63, 3.8) is 0 Å². The lowest BCUT2D eigenvalue weighted by molar-refractivity contribution is 0.140. The summed E-state index contributed by atoms with van der Waals surface area (Å²) in [6, 6.07) is 0. The van der Waals surface area contributed by atoms with E-state index in [1.807, 2.05) is 0 Å². The Kier molecular flexibility index (Phi) is 11.9. The molecule has 0 amide bonds. The quantitative estimate of drug-likeness (QED) is 0.297. The van der Waals surface area contributed by atoms with Gasteiger partial charge in [-0.3, -0.25) is 9.89 Å². The molecule has 0 radical (unpaired) electrons. The highest BCUT2D eigenvalue weighted by Crippen LogP contribution is 2.00. The van der Waals surface area contributed by atoms with Crippen LogP contribution in [0, 0.1) is 12.3 Å². The van der Waals surface area contributed by atoms with Crippen molar-refractivity contribution in [3.8, 4) is 12.3 Å². The number of aliphatic imine (C=N–C) groups is 1. The molecular formula is C14H28IN5. The molecule has 1 aliphatic heterocycles. The van der Waals surface area contributed by atoms with E-state index >= 15 is 0 Å². The second-order valence-electron chi connectivity index (χ2n) is 4.59. The minimum absolute atomic E-state index is 0. The first-order valence-electron chi connectivity index (χ1n) is 7.20. The number of likely N-dealkylation sites (N-methyl/N-ethyl adjacent to an activating group) is 1. The zero-order valence-electron chi connectivity index (χ0n) is 12.7. The van der Waals surface area contributed by atoms with Crippen LogP contribution >= 0.6 is 24.0 Å². The normalized spacial score (nSPS) is 17.1. The van der Waals surface area contributed by atoms with Gasteiger partial charge in [0.1, 0.15) is 0 Å². The highest BCUT2D eigenvalue weighted by molar-refractivity contribution is 14.0. The third-order valence-electron chi connectivity index (χ3n) is 3.30. The molecule has 0 unspecified atom stereocenters. The molecule has 1 saturated heterocycles. The largest absolute Gasteiger partial charge is 0.357 e. The molecular weight excluding hydrogens is 365 g/mol. The molecule has 1 rings (SSSR count). The van der Waals surface area contributed by atoms with E-state index in [4.69, 9.17) is 6.42 Å². The number of piperazine rings is 1. The standard InChI is InChI=1S/C14H27N5.HI/c1-4-7-16-14(15-5-2)17-8-9-19-12-10-18(6-3)11-13-19;/h1H,5-13H2,2-3H3,(H2,15,16,17);1H. The Bertz CT molecular complexity index is 305. The lowest BCUT2D eigenvalue weighted by Gasteiger charge is -2.33. The number of hydrogen-bond acceptors (Lipinski definition) is 3. The topological polar surface area (TPSA) is 42.9 Å². The second kappa shape index (κ2) is 12.2. The Morgan fingerprint density at radius 1 is 1.15 bits per heavy atom. The number of nitrogens with zero attached hydrogens (tertiary/aromatic N) is 3. The average Bonchev–Trinajstić information content (AvgIpc) is 2.45. The van der Waals surface area contributed by atoms with Gasteiger partial charge in [-0.05, 0) is 13.5 Å². The fraction of sp³-hybridized carbons (Fsp3) is 0.786. The van der Waals surface area contributed by atoms with Crippen molar-refractivity contribution in [1.29, 1.82) is 0 Å². The van der Waals surface area contributed by atoms with E-state index in [0.29, 0.717) is 6.54 Å². The van der Waals surface area contributed by atoms with Crippen molar-refractivity contribution in [1.82, 2.24) is 20.4 Å². The van der Waals surface area contributed by atoms with Gasteiger partial charge in [0.15, 0.2) is 5.96 Å². The van der Waals surface area contributed by atoms with Crippen LogP contribution in [0.5, 0.6) is 0 Å². The first kappa shape index (κ1) is 19.5. The SMILES string of the molecule is C#CCNC(=NCCN1CCN(CC)CC1)NCC.I. The fourth-order valence-corrected chi connectivity index (χ4v) is 2.11. The van der Waals surface area contributed by atoms with E-state index in [9.17, 15) is 0 Å². The first-order valence-corrected chi connectivity index (χ1v) is 7.20. The van der Waals surface area contributed by atoms with Gasteiger partial charge in [0.25, 0.3) is 0 Å². The molecule has 0 aromatic rings. The van der Waals surface area contributed by atoms with Crippen LogP contribution in [-0.2, 0) is 0 Å². The number of rotatable bonds is 6. The zero-order valence-corrected chi connectivity index (χ0v) is 15.0. The van der Waals surface area contributed by atoms with Crippen LogP contribution in [0.2, 0.25) is 0 Å². The summed E-state index contributed by atoms with van der Waals surface area (Å²) in [5, 5.41) is 6.29. The molecule has 0 spiro atoms. The summed E-state index contributed by atoms with van der Waals surface area (Å²) in [6.45, 7) is 13.3. The third kappa shape index (κ3) is 7.92. The van der Waals surface area contributed by atoms with Crippen molar-refractivity contribution in [2.75, 3.05) is 58.9 Å². The van der Waals surface area contributed by atoms with E-state index in [2.05, 4.69) is 45.2 Å². The van der Waals surface area contributed by atoms with E-state index in [-0.39, 0.29) is 24.0 Å². The van der Waals surface area contributed by atoms with Crippen LogP contribution in [-0.4, -0.2) is 74.7 Å². The number of hydrogen-bond donors (Lipinski definition) is 2. The van der Waals surface area contributed by atoms with Gasteiger partial charge in [-0.15, -0.1) is 30.4 Å². The summed E-state index contributed by atoms with van der Waals surface area (Å²) in [6.07, 6.45) is 5.24. The summed E-state index contributed by atoms with van der Waals surface area (Å²) in [4.78, 5) is 9.48. The van der Waals surface area contributed by atoms with Crippen LogP contribution < -0.4 is 10.6 Å². The molecule has 5 nitrogen and oxygen atoms in total. The summed E-state index contributed by atoms with van der Waals surface area (Å²) in [5.41, 5.74) is 0. The molecule has 0 atom stereocenters. The number of nitrogens with one attached hydrogen (secondary N) is 2. The van der Waals surface area contributed by atoms with Crippen LogP contribution in [0.15, 0.2) is 4.99 Å². The van der Waals surface area contributed by atoms with Gasteiger partial charge in [-0.25, -0.2) is 0 Å². The summed E-state index contributed by atoms with van der Waals surface area (Å²) < 4.78 is 0. The molecule has 0 aromatic heterocycles. The van der Waals surface area contributed by atoms with E-state index in [0.717, 1.165) is 45.2 Å². The molecule has 6 heteroatoms. The van der Waals surface area contributed by atoms with E-state index in [1.165, 1.54) is 13.1 Å². The van der Waals surface area contributed by atoms with Gasteiger partial charge in [0.2, 0.25) is 0 Å². The van der Waals surface area contributed by atoms with Gasteiger partial charge in [0.05, 0.1) is 13.1 Å². The van der Waals surface area contributed by atoms with Gasteiger partial charge in [0, 0.05) is 39.3 Å². The molecule has 0 bridgehead atoms. The van der Waals surface area contributed by atoms with Gasteiger partial charge in [-0.2, -0.15) is 0 Å². The van der Waals surface area contributed by atoms with Gasteiger partial charge < -0.3 is 15.5 Å². The Labute approximate surface area is 140 Å². The Balaban J connectivity index is 0.00000361. The predicted molar refractivity (Wildman–Crippen MR) is 96.8 cm³/mol. The molecule has 116 valence electrons. The summed E-state index contributed by atoms with van der Waals surface area (Å²) in [5.74, 6) is 3.37. The molecule has 1 aliphatic rings. The molecule has 20 heavy (non-hydrogen) atoms. The average molecular weight is 393 g/mol. The van der Waals surface area contributed by atoms with Crippen LogP contribution in [0.25, 0.3) is 0 Å². The predicted octanol–water partition coefficient (Wildman–Crippen LogP) is 0.430. The molecule has 1 fully saturated rings. The molecule has 0 aromatic carbocycles. The number of terminal acetylenes is 1. The van der Waals surface area contributed by atoms with Crippen molar-refractivity contribution in [2.24, 2.45) is 4.99 Å². The Morgan fingerprint density at radius 2 is 1.80 bits per heavy atom. The Morgan fingerprint density at radius 3 is 2.35 bits per heavy atom. The third-order valence-corrected chi connectivity index (χ3v) is 3.30. The highest BCUT2D eigenvalue weighted by Gasteiger charge is 2.14. The number of guanidine groups is 1. The van der Waals surface area contributed by atoms with E-state index in [1.54, 1.807) is 0 Å². The molecule has 1 heterocycles. The zero-order chi connectivity index (χ0) is 13.9. The van der Waals surface area contributed by atoms with Crippen LogP contribution in [0.4, 0.5) is 0 Å². The lowest BCUT2D eigenvalue weighted by Crippen LogP contribution is -2.47. The maximum absolute atomic E-state index is 5.24. The summed E-state index contributed by atoms with van der Waals surface area (Å²) >= 11 is 0. The monoisotopic (exact) mass is 393 g/mol. The fourth-order valence-electron chi connectivity index (χ4n) is 2.11. The minimum atomic E-state index is 0. The number of halogens is 1. The van der Waals surface area contributed by atoms with Crippen molar-refractivity contribution < 1.29 is 0 Å². The highest BCUT2D eigenvalue weighted by atomic mass is 127. The molecule has 2 N–H and O–H groups in total. The van der Waals surface area contributed by atoms with Crippen molar-refractivity contribution in [3.05, 3.63) is 0 Å².